The predicted octanol–water partition coefficient (Wildman–Crippen LogP) is 3.01. The molecule has 0 saturated heterocycles. The predicted molar refractivity (Wildman–Crippen MR) is 78.2 cm³/mol. The van der Waals surface area contributed by atoms with Gasteiger partial charge in [-0.05, 0) is 19.3 Å². The highest BCUT2D eigenvalue weighted by Crippen LogP contribution is 2.24. The van der Waals surface area contributed by atoms with Gasteiger partial charge >= 0.3 is 0 Å². The Morgan fingerprint density at radius 3 is 2.47 bits per heavy atom. The molecule has 1 heterocycles. The molecule has 0 aromatic carbocycles. The van der Waals surface area contributed by atoms with Crippen molar-refractivity contribution in [2.24, 2.45) is 11.8 Å². The lowest BCUT2D eigenvalue weighted by Gasteiger charge is -2.16. The van der Waals surface area contributed by atoms with Crippen molar-refractivity contribution < 1.29 is 4.74 Å². The zero-order valence-electron chi connectivity index (χ0n) is 12.7. The Kier molecular flexibility index (Phi) is 6.02. The van der Waals surface area contributed by atoms with Crippen LogP contribution >= 0.6 is 0 Å². The Balaban J connectivity index is 2.89. The Bertz CT molecular complexity index is 407. The van der Waals surface area contributed by atoms with Crippen LogP contribution in [0.25, 0.3) is 0 Å². The summed E-state index contributed by atoms with van der Waals surface area (Å²) in [6.45, 7) is 11.1. The first-order valence-electron chi connectivity index (χ1n) is 6.97. The van der Waals surface area contributed by atoms with Crippen LogP contribution in [0, 0.1) is 12.8 Å². The molecule has 0 fully saturated rings. The molecular formula is C14H26N4O. The normalized spacial score (nSPS) is 12.6. The summed E-state index contributed by atoms with van der Waals surface area (Å²) in [5.41, 5.74) is 3.47. The van der Waals surface area contributed by atoms with Crippen molar-refractivity contribution in [1.29, 1.82) is 0 Å². The van der Waals surface area contributed by atoms with Gasteiger partial charge in [-0.15, -0.1) is 0 Å². The fourth-order valence-corrected chi connectivity index (χ4v) is 1.85. The van der Waals surface area contributed by atoms with Gasteiger partial charge in [-0.1, -0.05) is 34.1 Å². The van der Waals surface area contributed by atoms with Crippen LogP contribution in [0.15, 0.2) is 0 Å². The summed E-state index contributed by atoms with van der Waals surface area (Å²) in [5, 5.41) is 0. The second-order valence-electron chi connectivity index (χ2n) is 5.36. The van der Waals surface area contributed by atoms with E-state index < -0.39 is 0 Å². The fourth-order valence-electron chi connectivity index (χ4n) is 1.85. The van der Waals surface area contributed by atoms with E-state index in [4.69, 9.17) is 10.6 Å². The smallest absolute Gasteiger partial charge is 0.221 e. The molecule has 1 aromatic heterocycles. The maximum absolute atomic E-state index is 5.84. The summed E-state index contributed by atoms with van der Waals surface area (Å²) >= 11 is 0. The summed E-state index contributed by atoms with van der Waals surface area (Å²) in [6.07, 6.45) is 2.32. The maximum Gasteiger partial charge on any atom is 0.221 e. The first-order chi connectivity index (χ1) is 8.99. The van der Waals surface area contributed by atoms with Crippen LogP contribution in [0.1, 0.15) is 57.8 Å². The number of anilines is 1. The number of aromatic nitrogens is 2. The van der Waals surface area contributed by atoms with E-state index in [2.05, 4.69) is 43.1 Å². The minimum Gasteiger partial charge on any atom is -0.477 e. The van der Waals surface area contributed by atoms with Gasteiger partial charge in [0.2, 0.25) is 5.88 Å². The first kappa shape index (κ1) is 15.7. The molecule has 1 aromatic rings. The second-order valence-corrected chi connectivity index (χ2v) is 5.36. The number of rotatable bonds is 7. The lowest BCUT2D eigenvalue weighted by Crippen LogP contribution is -2.16. The molecule has 0 aliphatic heterocycles. The summed E-state index contributed by atoms with van der Waals surface area (Å²) in [4.78, 5) is 8.87. The van der Waals surface area contributed by atoms with Gasteiger partial charge in [-0.25, -0.2) is 10.8 Å². The van der Waals surface area contributed by atoms with E-state index >= 15 is 0 Å². The minimum absolute atomic E-state index is 0.239. The molecule has 0 bridgehead atoms. The van der Waals surface area contributed by atoms with Gasteiger partial charge in [0.05, 0.1) is 12.2 Å². The van der Waals surface area contributed by atoms with E-state index in [0.29, 0.717) is 24.2 Å². The molecule has 1 rings (SSSR count). The second kappa shape index (κ2) is 7.28. The Hall–Kier alpha value is -1.36. The molecule has 5 nitrogen and oxygen atoms in total. The van der Waals surface area contributed by atoms with Crippen LogP contribution in [-0.4, -0.2) is 16.6 Å². The number of ether oxygens (including phenoxy) is 1. The number of nitrogen functional groups attached to an aromatic ring is 1. The number of nitrogens with two attached hydrogens (primary N) is 1. The molecule has 0 saturated carbocycles. The standard InChI is InChI=1S/C14H26N4O/c1-6-7-10(4)8-19-14-11(5)13(18-15)16-12(17-14)9(2)3/h9-10H,6-8,15H2,1-5H3,(H,16,17,18). The fraction of sp³-hybridized carbons (Fsp3) is 0.714. The molecule has 1 unspecified atom stereocenters. The number of hydrogen-bond acceptors (Lipinski definition) is 5. The summed E-state index contributed by atoms with van der Waals surface area (Å²) < 4.78 is 5.84. The third kappa shape index (κ3) is 4.35. The highest BCUT2D eigenvalue weighted by atomic mass is 16.5. The van der Waals surface area contributed by atoms with Crippen LogP contribution in [0.4, 0.5) is 5.82 Å². The lowest BCUT2D eigenvalue weighted by molar-refractivity contribution is 0.240. The molecule has 0 aliphatic rings. The van der Waals surface area contributed by atoms with Gasteiger partial charge in [0.25, 0.3) is 0 Å². The van der Waals surface area contributed by atoms with Crippen molar-refractivity contribution in [3.63, 3.8) is 0 Å². The number of hydrazine groups is 1. The van der Waals surface area contributed by atoms with E-state index in [1.807, 2.05) is 6.92 Å². The van der Waals surface area contributed by atoms with Crippen molar-refractivity contribution in [2.75, 3.05) is 12.0 Å². The van der Waals surface area contributed by atoms with E-state index in [-0.39, 0.29) is 5.92 Å². The molecule has 5 heteroatoms. The molecule has 0 amide bonds. The summed E-state index contributed by atoms with van der Waals surface area (Å²) in [7, 11) is 0. The lowest BCUT2D eigenvalue weighted by atomic mass is 10.1. The van der Waals surface area contributed by atoms with Crippen molar-refractivity contribution in [1.82, 2.24) is 9.97 Å². The van der Waals surface area contributed by atoms with Gasteiger partial charge in [0, 0.05) is 5.92 Å². The molecule has 19 heavy (non-hydrogen) atoms. The third-order valence-electron chi connectivity index (χ3n) is 3.06. The van der Waals surface area contributed by atoms with Crippen molar-refractivity contribution in [3.8, 4) is 5.88 Å². The third-order valence-corrected chi connectivity index (χ3v) is 3.06. The molecule has 3 N–H and O–H groups in total. The number of hydrogen-bond donors (Lipinski definition) is 2. The monoisotopic (exact) mass is 266 g/mol. The zero-order chi connectivity index (χ0) is 14.4. The van der Waals surface area contributed by atoms with Crippen molar-refractivity contribution >= 4 is 5.82 Å². The van der Waals surface area contributed by atoms with Crippen LogP contribution in [0.2, 0.25) is 0 Å². The number of nitrogens with one attached hydrogen (secondary N) is 1. The van der Waals surface area contributed by atoms with Crippen LogP contribution in [-0.2, 0) is 0 Å². The van der Waals surface area contributed by atoms with Crippen LogP contribution < -0.4 is 16.0 Å². The van der Waals surface area contributed by atoms with Gasteiger partial charge in [-0.2, -0.15) is 4.98 Å². The van der Waals surface area contributed by atoms with Crippen molar-refractivity contribution in [3.05, 3.63) is 11.4 Å². The molecule has 108 valence electrons. The number of nitrogens with zero attached hydrogens (tertiary/aromatic N) is 2. The summed E-state index contributed by atoms with van der Waals surface area (Å²) in [5.74, 6) is 8.28. The zero-order valence-corrected chi connectivity index (χ0v) is 12.7. The molecule has 1 atom stereocenters. The quantitative estimate of drug-likeness (QED) is 0.586. The topological polar surface area (TPSA) is 73.1 Å². The van der Waals surface area contributed by atoms with E-state index in [1.54, 1.807) is 0 Å². The van der Waals surface area contributed by atoms with Gasteiger partial charge in [0.15, 0.2) is 0 Å². The van der Waals surface area contributed by atoms with Gasteiger partial charge < -0.3 is 10.2 Å². The Labute approximate surface area is 115 Å². The Morgan fingerprint density at radius 1 is 1.26 bits per heavy atom. The first-order valence-corrected chi connectivity index (χ1v) is 6.97. The maximum atomic E-state index is 5.84. The Morgan fingerprint density at radius 2 is 1.95 bits per heavy atom. The largest absolute Gasteiger partial charge is 0.477 e. The average Bonchev–Trinajstić information content (AvgIpc) is 2.37. The minimum atomic E-state index is 0.239. The highest BCUT2D eigenvalue weighted by molar-refractivity contribution is 5.47. The van der Waals surface area contributed by atoms with Crippen LogP contribution in [0.3, 0.4) is 0 Å². The van der Waals surface area contributed by atoms with Gasteiger partial charge in [0.1, 0.15) is 11.6 Å². The molecule has 0 spiro atoms. The van der Waals surface area contributed by atoms with Gasteiger partial charge in [-0.3, -0.25) is 0 Å². The van der Waals surface area contributed by atoms with E-state index in [1.165, 1.54) is 6.42 Å². The average molecular weight is 266 g/mol. The van der Waals surface area contributed by atoms with Crippen LogP contribution in [0.5, 0.6) is 5.88 Å². The van der Waals surface area contributed by atoms with Crippen molar-refractivity contribution in [2.45, 2.75) is 53.4 Å². The molecule has 0 aliphatic carbocycles. The summed E-state index contributed by atoms with van der Waals surface area (Å²) in [6, 6.07) is 0. The molecule has 0 radical (unpaired) electrons. The van der Waals surface area contributed by atoms with E-state index in [0.717, 1.165) is 17.8 Å². The van der Waals surface area contributed by atoms with E-state index in [9.17, 15) is 0 Å². The molecular weight excluding hydrogens is 240 g/mol. The SMILES string of the molecule is CCCC(C)COc1nc(C(C)C)nc(NN)c1C. The highest BCUT2D eigenvalue weighted by Gasteiger charge is 2.14.